The summed E-state index contributed by atoms with van der Waals surface area (Å²) in [5.74, 6) is -1.65. The predicted molar refractivity (Wildman–Crippen MR) is 199 cm³/mol. The molecule has 0 radical (unpaired) electrons. The summed E-state index contributed by atoms with van der Waals surface area (Å²) in [5.41, 5.74) is 8.61. The summed E-state index contributed by atoms with van der Waals surface area (Å²) < 4.78 is 62.9. The number of nitrogens with zero attached hydrogens (tertiary/aromatic N) is 3. The lowest BCUT2D eigenvalue weighted by Crippen LogP contribution is -2.65. The zero-order valence-corrected chi connectivity index (χ0v) is 34.9. The Labute approximate surface area is 331 Å². The number of hydrogen-bond donors (Lipinski definition) is 2. The number of aliphatic hydroxyl groups excluding tert-OH is 2. The van der Waals surface area contributed by atoms with E-state index in [4.69, 9.17) is 52.9 Å². The van der Waals surface area contributed by atoms with Gasteiger partial charge < -0.3 is 57.6 Å². The number of azide groups is 1. The minimum atomic E-state index is -1.47. The van der Waals surface area contributed by atoms with E-state index in [1.54, 1.807) is 0 Å². The van der Waals surface area contributed by atoms with E-state index in [2.05, 4.69) is 23.9 Å². The Morgan fingerprint density at radius 2 is 1.05 bits per heavy atom. The van der Waals surface area contributed by atoms with Crippen molar-refractivity contribution in [1.29, 1.82) is 0 Å². The van der Waals surface area contributed by atoms with Crippen molar-refractivity contribution in [2.45, 2.75) is 182 Å². The first-order valence-corrected chi connectivity index (χ1v) is 20.5. The number of carbonyl (C=O) groups is 2. The molecule has 0 aromatic rings. The molecule has 4 heterocycles. The molecule has 0 aromatic carbocycles. The van der Waals surface area contributed by atoms with E-state index in [1.165, 1.54) is 13.8 Å². The first-order valence-electron chi connectivity index (χ1n) is 20.5. The van der Waals surface area contributed by atoms with Crippen LogP contribution in [-0.2, 0) is 57.0 Å². The van der Waals surface area contributed by atoms with Gasteiger partial charge in [-0.15, -0.1) is 0 Å². The highest BCUT2D eigenvalue weighted by Gasteiger charge is 2.55. The molecule has 56 heavy (non-hydrogen) atoms. The molecule has 0 aliphatic carbocycles. The van der Waals surface area contributed by atoms with Crippen LogP contribution >= 0.6 is 0 Å². The van der Waals surface area contributed by atoms with Crippen molar-refractivity contribution in [2.24, 2.45) is 40.6 Å². The van der Waals surface area contributed by atoms with Gasteiger partial charge in [-0.1, -0.05) is 67.4 Å². The largest absolute Gasteiger partial charge is 0.457 e. The Morgan fingerprint density at radius 3 is 1.59 bits per heavy atom. The summed E-state index contributed by atoms with van der Waals surface area (Å²) in [6.45, 7) is 20.6. The average Bonchev–Trinajstić information content (AvgIpc) is 3.16. The SMILES string of the molecule is CCC1O[C@@H](OCCN=[N+]=[N-])C(C)[C@@H](C)[C@@H]1O[C@@H]1OC(CC)[C@@H](O[C@@H]2OC(CO)[C@@H](O)[C@H](O[C@H]3O[C@@H](CC)[C@@H](C)C(C)C3OC(C)=O)C2OC(C)=O)[C@H](C)C1C. The highest BCUT2D eigenvalue weighted by molar-refractivity contribution is 5.66. The molecule has 4 aliphatic rings. The molecular formula is C39H67N3O14. The molecule has 4 saturated heterocycles. The van der Waals surface area contributed by atoms with E-state index in [-0.39, 0.29) is 67.0 Å². The molecule has 17 heteroatoms. The molecule has 2 N–H and O–H groups in total. The molecule has 0 bridgehead atoms. The zero-order valence-electron chi connectivity index (χ0n) is 34.9. The van der Waals surface area contributed by atoms with Gasteiger partial charge in [0.1, 0.15) is 18.3 Å². The molecule has 4 rings (SSSR count). The van der Waals surface area contributed by atoms with Gasteiger partial charge in [-0.25, -0.2) is 0 Å². The minimum Gasteiger partial charge on any atom is -0.457 e. The fourth-order valence-corrected chi connectivity index (χ4v) is 8.48. The van der Waals surface area contributed by atoms with Crippen LogP contribution in [0.25, 0.3) is 10.4 Å². The fourth-order valence-electron chi connectivity index (χ4n) is 8.48. The molecule has 0 saturated carbocycles. The van der Waals surface area contributed by atoms with Crippen LogP contribution in [0.3, 0.4) is 0 Å². The van der Waals surface area contributed by atoms with Crippen LogP contribution in [0.2, 0.25) is 0 Å². The van der Waals surface area contributed by atoms with Crippen molar-refractivity contribution < 1.29 is 67.2 Å². The molecule has 4 aliphatic heterocycles. The first kappa shape index (κ1) is 46.5. The van der Waals surface area contributed by atoms with Crippen LogP contribution in [0.5, 0.6) is 0 Å². The molecule has 0 amide bonds. The Hall–Kier alpha value is -2.15. The van der Waals surface area contributed by atoms with Gasteiger partial charge in [0.2, 0.25) is 0 Å². The second-order valence-corrected chi connectivity index (χ2v) is 16.0. The van der Waals surface area contributed by atoms with Gasteiger partial charge in [0.05, 0.1) is 43.7 Å². The Bertz CT molecular complexity index is 1300. The zero-order chi connectivity index (χ0) is 41.4. The van der Waals surface area contributed by atoms with Gasteiger partial charge in [0.25, 0.3) is 0 Å². The van der Waals surface area contributed by atoms with Gasteiger partial charge >= 0.3 is 11.9 Å². The van der Waals surface area contributed by atoms with Crippen LogP contribution < -0.4 is 0 Å². The third-order valence-electron chi connectivity index (χ3n) is 12.4. The van der Waals surface area contributed by atoms with Crippen LogP contribution in [0.1, 0.15) is 95.4 Å². The summed E-state index contributed by atoms with van der Waals surface area (Å²) in [7, 11) is 0. The van der Waals surface area contributed by atoms with Crippen LogP contribution in [0.4, 0.5) is 0 Å². The lowest BCUT2D eigenvalue weighted by atomic mass is 9.82. The topological polar surface area (TPSA) is 216 Å². The summed E-state index contributed by atoms with van der Waals surface area (Å²) in [5, 5.41) is 25.4. The molecular weight excluding hydrogens is 734 g/mol. The second kappa shape index (κ2) is 21.2. The smallest absolute Gasteiger partial charge is 0.303 e. The molecule has 0 spiro atoms. The molecule has 322 valence electrons. The Morgan fingerprint density at radius 1 is 0.607 bits per heavy atom. The third-order valence-corrected chi connectivity index (χ3v) is 12.4. The fraction of sp³-hybridized carbons (Fsp3) is 0.949. The highest BCUT2D eigenvalue weighted by Crippen LogP contribution is 2.42. The van der Waals surface area contributed by atoms with E-state index in [0.29, 0.717) is 19.3 Å². The normalized spacial score (nSPS) is 44.4. The van der Waals surface area contributed by atoms with Crippen molar-refractivity contribution in [3.05, 3.63) is 10.4 Å². The van der Waals surface area contributed by atoms with Gasteiger partial charge in [-0.3, -0.25) is 9.59 Å². The Kier molecular flexibility index (Phi) is 17.6. The van der Waals surface area contributed by atoms with E-state index in [1.807, 2.05) is 48.5 Å². The lowest BCUT2D eigenvalue weighted by Gasteiger charge is -2.51. The average molecular weight is 802 g/mol. The van der Waals surface area contributed by atoms with Crippen molar-refractivity contribution in [3.63, 3.8) is 0 Å². The number of rotatable bonds is 16. The number of hydrogen-bond acceptors (Lipinski definition) is 15. The maximum Gasteiger partial charge on any atom is 0.303 e. The molecule has 0 aromatic heterocycles. The van der Waals surface area contributed by atoms with Crippen molar-refractivity contribution in [3.8, 4) is 0 Å². The number of aliphatic hydroxyl groups is 2. The predicted octanol–water partition coefficient (Wildman–Crippen LogP) is 4.63. The summed E-state index contributed by atoms with van der Waals surface area (Å²) >= 11 is 0. The molecule has 4 fully saturated rings. The third kappa shape index (κ3) is 10.7. The van der Waals surface area contributed by atoms with Gasteiger partial charge in [0.15, 0.2) is 37.4 Å². The number of esters is 2. The molecule has 17 nitrogen and oxygen atoms in total. The standard InChI is InChI=1S/C39H67N3O14/c1-12-26-18(4)19(5)33(48-24(10)44)38(50-26)56-34-30(46)29(17-43)53-39(35(34)49-25(11)45)55-32-21(7)23(9)37(52-28(32)14-3)54-31-20(6)22(8)36(51-27(31)13-2)47-16-15-41-42-40/h18-23,26-39,43,46H,12-17H2,1-11H3/t18-,19?,20+,21+,22?,23?,26-,27?,28?,29?,30+,31-,32-,33?,34-,35?,36+,37-,38+,39-/m0/s1. The second-order valence-electron chi connectivity index (χ2n) is 16.0. The van der Waals surface area contributed by atoms with Gasteiger partial charge in [-0.2, -0.15) is 0 Å². The summed E-state index contributed by atoms with van der Waals surface area (Å²) in [6, 6.07) is 0. The molecule has 8 unspecified atom stereocenters. The van der Waals surface area contributed by atoms with Crippen molar-refractivity contribution >= 4 is 11.9 Å². The monoisotopic (exact) mass is 801 g/mol. The maximum absolute atomic E-state index is 12.6. The number of ether oxygens (including phenoxy) is 10. The first-order chi connectivity index (χ1) is 26.6. The quantitative estimate of drug-likeness (QED) is 0.0716. The number of carbonyl (C=O) groups excluding carboxylic acids is 2. The molecule has 20 atom stereocenters. The summed E-state index contributed by atoms with van der Waals surface area (Å²) in [4.78, 5) is 27.6. The van der Waals surface area contributed by atoms with Gasteiger partial charge in [0, 0.05) is 43.1 Å². The minimum absolute atomic E-state index is 0.0160. The maximum atomic E-state index is 12.6. The summed E-state index contributed by atoms with van der Waals surface area (Å²) in [6.07, 6.45) is -9.54. The van der Waals surface area contributed by atoms with Crippen LogP contribution in [-0.4, -0.2) is 128 Å². The highest BCUT2D eigenvalue weighted by atomic mass is 16.8. The lowest BCUT2D eigenvalue weighted by molar-refractivity contribution is -0.375. The Balaban J connectivity index is 1.55. The van der Waals surface area contributed by atoms with Crippen LogP contribution in [0.15, 0.2) is 5.11 Å². The van der Waals surface area contributed by atoms with Crippen molar-refractivity contribution in [1.82, 2.24) is 0 Å². The van der Waals surface area contributed by atoms with Crippen molar-refractivity contribution in [2.75, 3.05) is 19.8 Å². The van der Waals surface area contributed by atoms with E-state index in [0.717, 1.165) is 0 Å². The van der Waals surface area contributed by atoms with E-state index in [9.17, 15) is 19.8 Å². The van der Waals surface area contributed by atoms with E-state index >= 15 is 0 Å². The van der Waals surface area contributed by atoms with E-state index < -0.39 is 86.4 Å². The van der Waals surface area contributed by atoms with Crippen LogP contribution in [0, 0.1) is 35.5 Å². The van der Waals surface area contributed by atoms with Gasteiger partial charge in [-0.05, 0) is 42.5 Å².